The Labute approximate surface area is 341 Å². The molecule has 0 aliphatic carbocycles. The molecule has 0 radical (unpaired) electrons. The molecule has 9 heteroatoms. The Morgan fingerprint density at radius 3 is 1.05 bits per heavy atom. The molecule has 6 aromatic carbocycles. The van der Waals surface area contributed by atoms with Gasteiger partial charge in [-0.1, -0.05) is 146 Å². The molecule has 0 spiro atoms. The van der Waals surface area contributed by atoms with Crippen molar-refractivity contribution in [2.75, 3.05) is 33.9 Å². The summed E-state index contributed by atoms with van der Waals surface area (Å²) >= 11 is 0. The maximum atomic E-state index is 14.3. The number of hydrogen-bond acceptors (Lipinski definition) is 9. The van der Waals surface area contributed by atoms with Crippen LogP contribution in [0.4, 0.5) is 0 Å². The predicted molar refractivity (Wildman–Crippen MR) is 229 cm³/mol. The van der Waals surface area contributed by atoms with Gasteiger partial charge in [0.15, 0.2) is 17.1 Å². The number of Topliss-reactive ketones (excluding diaryl/α,β-unsaturated/α-hetero) is 2. The zero-order valence-electron chi connectivity index (χ0n) is 33.0. The standard InChI is InChI=1S/C49H52N4O5/c1-57-42-27-23-40(24-28-42)48(36-15-7-3-8-16-36,37-17-9-4-10-18-37)52-33-31-44(54)47(51,46(56)35-50)45(55)32-34-53-49(38-19-11-5-12-20-38,39-21-13-6-14-22-39)41-25-29-43(58-2)30-26-41/h3-30,46,52-53,56H,31-35,50-51H2,1-2H3. The number of hydrogen-bond donors (Lipinski definition) is 5. The number of rotatable bonds is 20. The normalized spacial score (nSPS) is 12.4. The summed E-state index contributed by atoms with van der Waals surface area (Å²) in [6.45, 7) is -0.124. The predicted octanol–water partition coefficient (Wildman–Crippen LogP) is 6.10. The molecule has 6 rings (SSSR count). The second kappa shape index (κ2) is 19.0. The highest BCUT2D eigenvalue weighted by Crippen LogP contribution is 2.39. The van der Waals surface area contributed by atoms with E-state index >= 15 is 0 Å². The third kappa shape index (κ3) is 8.36. The molecule has 0 fully saturated rings. The Morgan fingerprint density at radius 1 is 0.517 bits per heavy atom. The summed E-state index contributed by atoms with van der Waals surface area (Å²) < 4.78 is 10.9. The third-order valence-corrected chi connectivity index (χ3v) is 11.0. The summed E-state index contributed by atoms with van der Waals surface area (Å²) in [5.41, 5.74) is 14.3. The van der Waals surface area contributed by atoms with Crippen molar-refractivity contribution in [2.24, 2.45) is 11.5 Å². The molecule has 9 nitrogen and oxygen atoms in total. The van der Waals surface area contributed by atoms with Gasteiger partial charge in [-0.15, -0.1) is 0 Å². The maximum Gasteiger partial charge on any atom is 0.164 e. The van der Waals surface area contributed by atoms with E-state index in [1.807, 2.05) is 170 Å². The largest absolute Gasteiger partial charge is 0.497 e. The van der Waals surface area contributed by atoms with Crippen molar-refractivity contribution in [1.29, 1.82) is 0 Å². The summed E-state index contributed by atoms with van der Waals surface area (Å²) in [6, 6.07) is 55.4. The van der Waals surface area contributed by atoms with Gasteiger partial charge in [-0.2, -0.15) is 0 Å². The van der Waals surface area contributed by atoms with E-state index in [1.165, 1.54) is 0 Å². The number of ketones is 2. The van der Waals surface area contributed by atoms with Gasteiger partial charge in [0, 0.05) is 32.5 Å². The van der Waals surface area contributed by atoms with E-state index in [0.717, 1.165) is 33.4 Å². The third-order valence-electron chi connectivity index (χ3n) is 11.0. The fourth-order valence-electron chi connectivity index (χ4n) is 7.90. The molecule has 0 heterocycles. The SMILES string of the molecule is COc1ccc(C(NCCC(=O)C(N)(C(=O)CCNC(c2ccccc2)(c2ccccc2)c2ccc(OC)cc2)C(O)CN)(c2ccccc2)c2ccccc2)cc1. The van der Waals surface area contributed by atoms with Gasteiger partial charge in [0.05, 0.1) is 31.4 Å². The molecule has 0 saturated heterocycles. The van der Waals surface area contributed by atoms with Crippen LogP contribution in [0.2, 0.25) is 0 Å². The molecule has 6 aromatic rings. The van der Waals surface area contributed by atoms with Crippen LogP contribution < -0.4 is 31.6 Å². The Hall–Kier alpha value is -5.94. The van der Waals surface area contributed by atoms with Crippen molar-refractivity contribution < 1.29 is 24.2 Å². The maximum absolute atomic E-state index is 14.3. The molecule has 0 aliphatic rings. The number of nitrogens with one attached hydrogen (secondary N) is 2. The molecule has 1 atom stereocenters. The molecule has 0 saturated carbocycles. The van der Waals surface area contributed by atoms with Gasteiger partial charge in [0.25, 0.3) is 0 Å². The van der Waals surface area contributed by atoms with E-state index < -0.39 is 34.3 Å². The highest BCUT2D eigenvalue weighted by Gasteiger charge is 2.47. The van der Waals surface area contributed by atoms with Gasteiger partial charge in [-0.25, -0.2) is 0 Å². The second-order valence-electron chi connectivity index (χ2n) is 14.2. The molecular formula is C49H52N4O5. The van der Waals surface area contributed by atoms with Crippen molar-refractivity contribution in [3.05, 3.63) is 203 Å². The first kappa shape index (κ1) is 41.7. The van der Waals surface area contributed by atoms with Gasteiger partial charge in [-0.05, 0) is 57.6 Å². The fourth-order valence-corrected chi connectivity index (χ4v) is 7.90. The summed E-state index contributed by atoms with van der Waals surface area (Å²) in [7, 11) is 3.24. The van der Waals surface area contributed by atoms with E-state index in [4.69, 9.17) is 20.9 Å². The lowest BCUT2D eigenvalue weighted by molar-refractivity contribution is -0.139. The van der Waals surface area contributed by atoms with Crippen molar-refractivity contribution >= 4 is 11.6 Å². The Morgan fingerprint density at radius 2 is 0.793 bits per heavy atom. The fraction of sp³-hybridized carbons (Fsp3) is 0.224. The Kier molecular flexibility index (Phi) is 13.7. The summed E-state index contributed by atoms with van der Waals surface area (Å²) in [5.74, 6) is 0.194. The molecule has 0 aromatic heterocycles. The first-order valence-corrected chi connectivity index (χ1v) is 19.5. The number of benzene rings is 6. The molecule has 7 N–H and O–H groups in total. The Bertz CT molecular complexity index is 1970. The van der Waals surface area contributed by atoms with Crippen LogP contribution in [0, 0.1) is 0 Å². The quantitative estimate of drug-likeness (QED) is 0.0458. The van der Waals surface area contributed by atoms with Crippen molar-refractivity contribution in [3.8, 4) is 11.5 Å². The lowest BCUT2D eigenvalue weighted by atomic mass is 9.76. The van der Waals surface area contributed by atoms with Crippen LogP contribution in [0.15, 0.2) is 170 Å². The summed E-state index contributed by atoms with van der Waals surface area (Å²) in [6.07, 6.45) is -1.92. The number of ether oxygens (including phenoxy) is 2. The number of nitrogens with two attached hydrogens (primary N) is 2. The van der Waals surface area contributed by atoms with Crippen molar-refractivity contribution in [2.45, 2.75) is 35.6 Å². The minimum absolute atomic E-state index is 0.124. The van der Waals surface area contributed by atoms with E-state index in [2.05, 4.69) is 10.6 Å². The van der Waals surface area contributed by atoms with Crippen LogP contribution >= 0.6 is 0 Å². The average Bonchev–Trinajstić information content (AvgIpc) is 3.30. The van der Waals surface area contributed by atoms with E-state index in [-0.39, 0.29) is 32.5 Å². The summed E-state index contributed by atoms with van der Waals surface area (Å²) in [5, 5.41) is 18.6. The van der Waals surface area contributed by atoms with Crippen molar-refractivity contribution in [1.82, 2.24) is 10.6 Å². The smallest absolute Gasteiger partial charge is 0.164 e. The van der Waals surface area contributed by atoms with Crippen LogP contribution in [0.5, 0.6) is 11.5 Å². The monoisotopic (exact) mass is 776 g/mol. The highest BCUT2D eigenvalue weighted by molar-refractivity contribution is 6.12. The van der Waals surface area contributed by atoms with Gasteiger partial charge >= 0.3 is 0 Å². The Balaban J connectivity index is 1.28. The minimum Gasteiger partial charge on any atom is -0.497 e. The van der Waals surface area contributed by atoms with Crippen LogP contribution in [0.3, 0.4) is 0 Å². The zero-order chi connectivity index (χ0) is 41.0. The zero-order valence-corrected chi connectivity index (χ0v) is 33.0. The lowest BCUT2D eigenvalue weighted by Crippen LogP contribution is -2.65. The number of carbonyl (C=O) groups excluding carboxylic acids is 2. The van der Waals surface area contributed by atoms with Crippen LogP contribution in [-0.4, -0.2) is 62.2 Å². The van der Waals surface area contributed by atoms with Crippen LogP contribution in [-0.2, 0) is 20.7 Å². The van der Waals surface area contributed by atoms with Gasteiger partial charge in [0.1, 0.15) is 11.5 Å². The van der Waals surface area contributed by atoms with E-state index in [1.54, 1.807) is 14.2 Å². The number of aliphatic hydroxyl groups is 1. The van der Waals surface area contributed by atoms with Crippen molar-refractivity contribution in [3.63, 3.8) is 0 Å². The van der Waals surface area contributed by atoms with Gasteiger partial charge in [0.2, 0.25) is 0 Å². The average molecular weight is 777 g/mol. The van der Waals surface area contributed by atoms with Crippen LogP contribution in [0.25, 0.3) is 0 Å². The van der Waals surface area contributed by atoms with Gasteiger partial charge in [-0.3, -0.25) is 20.2 Å². The highest BCUT2D eigenvalue weighted by atomic mass is 16.5. The van der Waals surface area contributed by atoms with E-state index in [9.17, 15) is 14.7 Å². The molecule has 0 aliphatic heterocycles. The molecular weight excluding hydrogens is 725 g/mol. The number of methoxy groups -OCH3 is 2. The first-order chi connectivity index (χ1) is 28.2. The molecule has 1 unspecified atom stereocenters. The van der Waals surface area contributed by atoms with E-state index in [0.29, 0.717) is 11.5 Å². The summed E-state index contributed by atoms with van der Waals surface area (Å²) in [4.78, 5) is 28.6. The number of aliphatic hydroxyl groups excluding tert-OH is 1. The topological polar surface area (TPSA) is 149 Å². The minimum atomic E-state index is -2.25. The lowest BCUT2D eigenvalue weighted by Gasteiger charge is -2.38. The van der Waals surface area contributed by atoms with Gasteiger partial charge < -0.3 is 26.0 Å². The second-order valence-corrected chi connectivity index (χ2v) is 14.2. The first-order valence-electron chi connectivity index (χ1n) is 19.5. The molecule has 298 valence electrons. The number of carbonyl (C=O) groups is 2. The molecule has 58 heavy (non-hydrogen) atoms. The van der Waals surface area contributed by atoms with Crippen LogP contribution in [0.1, 0.15) is 46.2 Å². The molecule has 0 amide bonds. The molecule has 0 bridgehead atoms.